The molecule has 1 amide bonds. The number of carbonyl (C=O) groups is 1. The molecule has 1 unspecified atom stereocenters. The molecule has 3 heterocycles. The monoisotopic (exact) mass is 335 g/mol. The van der Waals surface area contributed by atoms with E-state index in [4.69, 9.17) is 4.52 Å². The number of amides is 1. The Morgan fingerprint density at radius 2 is 1.88 bits per heavy atom. The zero-order chi connectivity index (χ0) is 17.1. The van der Waals surface area contributed by atoms with Gasteiger partial charge in [0.2, 0.25) is 11.8 Å². The summed E-state index contributed by atoms with van der Waals surface area (Å²) in [6, 6.07) is 0.187. The minimum Gasteiger partial charge on any atom is -0.343 e. The molecule has 0 bridgehead atoms. The molecule has 2 aliphatic rings. The second-order valence-corrected chi connectivity index (χ2v) is 7.14. The fourth-order valence-electron chi connectivity index (χ4n) is 3.77. The quantitative estimate of drug-likeness (QED) is 0.827. The number of aryl methyl sites for hydroxylation is 1. The number of hydrogen-bond acceptors (Lipinski definition) is 6. The average molecular weight is 335 g/mol. The van der Waals surface area contributed by atoms with Crippen molar-refractivity contribution in [2.75, 3.05) is 45.8 Å². The van der Waals surface area contributed by atoms with E-state index >= 15 is 0 Å². The summed E-state index contributed by atoms with van der Waals surface area (Å²) in [4.78, 5) is 22.7. The summed E-state index contributed by atoms with van der Waals surface area (Å²) in [5.41, 5.74) is 0. The van der Waals surface area contributed by atoms with Gasteiger partial charge in [-0.25, -0.2) is 0 Å². The number of likely N-dealkylation sites (tertiary alicyclic amines) is 1. The molecule has 0 radical (unpaired) electrons. The average Bonchev–Trinajstić information content (AvgIpc) is 3.02. The number of nitrogens with zero attached hydrogens (tertiary/aromatic N) is 5. The lowest BCUT2D eigenvalue weighted by molar-refractivity contribution is -0.130. The van der Waals surface area contributed by atoms with Crippen LogP contribution in [-0.2, 0) is 4.79 Å². The second-order valence-electron chi connectivity index (χ2n) is 7.14. The predicted octanol–water partition coefficient (Wildman–Crippen LogP) is 1.32. The molecule has 134 valence electrons. The van der Waals surface area contributed by atoms with Crippen LogP contribution in [-0.4, -0.2) is 76.6 Å². The Kier molecular flexibility index (Phi) is 5.50. The Morgan fingerprint density at radius 3 is 2.42 bits per heavy atom. The van der Waals surface area contributed by atoms with Gasteiger partial charge < -0.3 is 14.3 Å². The van der Waals surface area contributed by atoms with Gasteiger partial charge in [-0.3, -0.25) is 9.69 Å². The number of aromatic nitrogens is 2. The molecule has 24 heavy (non-hydrogen) atoms. The highest BCUT2D eigenvalue weighted by Gasteiger charge is 2.28. The summed E-state index contributed by atoms with van der Waals surface area (Å²) in [5.74, 6) is 2.36. The lowest BCUT2D eigenvalue weighted by atomic mass is 9.96. The summed E-state index contributed by atoms with van der Waals surface area (Å²) in [6.45, 7) is 12.9. The van der Waals surface area contributed by atoms with Gasteiger partial charge in [0, 0.05) is 52.7 Å². The predicted molar refractivity (Wildman–Crippen MR) is 90.4 cm³/mol. The minimum absolute atomic E-state index is 0.187. The third kappa shape index (κ3) is 4.13. The fourth-order valence-corrected chi connectivity index (χ4v) is 3.77. The van der Waals surface area contributed by atoms with Crippen LogP contribution in [0.1, 0.15) is 44.4 Å². The van der Waals surface area contributed by atoms with Crippen molar-refractivity contribution in [1.29, 1.82) is 0 Å². The third-order valence-corrected chi connectivity index (χ3v) is 5.43. The van der Waals surface area contributed by atoms with E-state index in [9.17, 15) is 4.79 Å². The maximum atomic E-state index is 11.4. The van der Waals surface area contributed by atoms with Gasteiger partial charge in [0.1, 0.15) is 0 Å². The molecular weight excluding hydrogens is 306 g/mol. The number of piperazine rings is 1. The smallest absolute Gasteiger partial charge is 0.243 e. The number of rotatable bonds is 4. The van der Waals surface area contributed by atoms with Crippen molar-refractivity contribution in [3.8, 4) is 0 Å². The van der Waals surface area contributed by atoms with E-state index in [1.165, 1.54) is 0 Å². The first-order valence-electron chi connectivity index (χ1n) is 9.05. The van der Waals surface area contributed by atoms with E-state index in [-0.39, 0.29) is 11.9 Å². The van der Waals surface area contributed by atoms with Crippen molar-refractivity contribution in [3.63, 3.8) is 0 Å². The van der Waals surface area contributed by atoms with Crippen LogP contribution in [0.15, 0.2) is 4.52 Å². The topological polar surface area (TPSA) is 65.7 Å². The van der Waals surface area contributed by atoms with Gasteiger partial charge in [0.05, 0.1) is 6.04 Å². The molecule has 7 nitrogen and oxygen atoms in total. The largest absolute Gasteiger partial charge is 0.343 e. The van der Waals surface area contributed by atoms with Crippen LogP contribution in [0.25, 0.3) is 0 Å². The first-order valence-corrected chi connectivity index (χ1v) is 9.05. The van der Waals surface area contributed by atoms with Crippen LogP contribution in [0.5, 0.6) is 0 Å². The highest BCUT2D eigenvalue weighted by Crippen LogP contribution is 2.22. The molecule has 0 saturated carbocycles. The SMILES string of the molecule is CC(=O)N1CCC(CN2CCN(C(C)c3nc(C)no3)CC2)CC1. The molecule has 2 fully saturated rings. The van der Waals surface area contributed by atoms with Crippen LogP contribution in [0.4, 0.5) is 0 Å². The van der Waals surface area contributed by atoms with Gasteiger partial charge in [-0.05, 0) is 32.6 Å². The van der Waals surface area contributed by atoms with Crippen LogP contribution < -0.4 is 0 Å². The van der Waals surface area contributed by atoms with Gasteiger partial charge in [-0.15, -0.1) is 0 Å². The van der Waals surface area contributed by atoms with Crippen molar-refractivity contribution >= 4 is 5.91 Å². The molecule has 7 heteroatoms. The van der Waals surface area contributed by atoms with Crippen LogP contribution >= 0.6 is 0 Å². The van der Waals surface area contributed by atoms with E-state index < -0.39 is 0 Å². The van der Waals surface area contributed by atoms with Crippen molar-refractivity contribution < 1.29 is 9.32 Å². The van der Waals surface area contributed by atoms with Crippen molar-refractivity contribution in [2.24, 2.45) is 5.92 Å². The fraction of sp³-hybridized carbons (Fsp3) is 0.824. The molecule has 0 aliphatic carbocycles. The number of carbonyl (C=O) groups excluding carboxylic acids is 1. The summed E-state index contributed by atoms with van der Waals surface area (Å²) in [5, 5.41) is 3.89. The zero-order valence-corrected chi connectivity index (χ0v) is 15.1. The molecule has 1 atom stereocenters. The molecule has 1 aromatic heterocycles. The first-order chi connectivity index (χ1) is 11.5. The lowest BCUT2D eigenvalue weighted by Crippen LogP contribution is -2.49. The molecule has 2 saturated heterocycles. The Morgan fingerprint density at radius 1 is 1.21 bits per heavy atom. The van der Waals surface area contributed by atoms with E-state index in [1.54, 1.807) is 6.92 Å². The van der Waals surface area contributed by atoms with Gasteiger partial charge in [0.15, 0.2) is 5.82 Å². The summed E-state index contributed by atoms with van der Waals surface area (Å²) in [6.07, 6.45) is 2.27. The maximum Gasteiger partial charge on any atom is 0.243 e. The minimum atomic E-state index is 0.187. The standard InChI is InChI=1S/C17H29N5O2/c1-13(17-18-14(2)19-24-17)21-10-8-20(9-11-21)12-16-4-6-22(7-5-16)15(3)23/h13,16H,4-12H2,1-3H3. The van der Waals surface area contributed by atoms with Gasteiger partial charge >= 0.3 is 0 Å². The maximum absolute atomic E-state index is 11.4. The van der Waals surface area contributed by atoms with E-state index in [0.29, 0.717) is 5.82 Å². The van der Waals surface area contributed by atoms with Crippen LogP contribution in [0, 0.1) is 12.8 Å². The highest BCUT2D eigenvalue weighted by atomic mass is 16.5. The Labute approximate surface area is 144 Å². The Bertz CT molecular complexity index is 545. The molecule has 0 aromatic carbocycles. The normalized spacial score (nSPS) is 22.7. The molecule has 0 N–H and O–H groups in total. The van der Waals surface area contributed by atoms with Gasteiger partial charge in [0.25, 0.3) is 0 Å². The molecular formula is C17H29N5O2. The van der Waals surface area contributed by atoms with Crippen molar-refractivity contribution in [1.82, 2.24) is 24.8 Å². The lowest BCUT2D eigenvalue weighted by Gasteiger charge is -2.39. The van der Waals surface area contributed by atoms with Crippen molar-refractivity contribution in [2.45, 2.75) is 39.7 Å². The van der Waals surface area contributed by atoms with Crippen LogP contribution in [0.3, 0.4) is 0 Å². The summed E-state index contributed by atoms with van der Waals surface area (Å²) >= 11 is 0. The highest BCUT2D eigenvalue weighted by molar-refractivity contribution is 5.73. The Hall–Kier alpha value is -1.47. The first kappa shape index (κ1) is 17.4. The van der Waals surface area contributed by atoms with Crippen molar-refractivity contribution in [3.05, 3.63) is 11.7 Å². The molecule has 0 spiro atoms. The number of hydrogen-bond donors (Lipinski definition) is 0. The van der Waals surface area contributed by atoms with E-state index in [1.807, 2.05) is 11.8 Å². The van der Waals surface area contributed by atoms with Gasteiger partial charge in [-0.1, -0.05) is 5.16 Å². The zero-order valence-electron chi connectivity index (χ0n) is 15.1. The Balaban J connectivity index is 1.42. The van der Waals surface area contributed by atoms with Crippen LogP contribution in [0.2, 0.25) is 0 Å². The van der Waals surface area contributed by atoms with E-state index in [0.717, 1.165) is 70.5 Å². The van der Waals surface area contributed by atoms with Gasteiger partial charge in [-0.2, -0.15) is 4.98 Å². The summed E-state index contributed by atoms with van der Waals surface area (Å²) in [7, 11) is 0. The third-order valence-electron chi connectivity index (χ3n) is 5.43. The molecule has 3 rings (SSSR count). The second kappa shape index (κ2) is 7.61. The number of piperidine rings is 1. The summed E-state index contributed by atoms with van der Waals surface area (Å²) < 4.78 is 5.31. The molecule has 1 aromatic rings. The van der Waals surface area contributed by atoms with E-state index in [2.05, 4.69) is 26.9 Å². The molecule has 2 aliphatic heterocycles.